The van der Waals surface area contributed by atoms with Gasteiger partial charge in [-0.3, -0.25) is 4.79 Å². The summed E-state index contributed by atoms with van der Waals surface area (Å²) in [5.74, 6) is 0.582. The third-order valence-corrected chi connectivity index (χ3v) is 3.80. The van der Waals surface area contributed by atoms with Gasteiger partial charge in [-0.15, -0.1) is 0 Å². The molecule has 0 radical (unpaired) electrons. The number of hydrogen-bond donors (Lipinski definition) is 2. The van der Waals surface area contributed by atoms with Gasteiger partial charge < -0.3 is 11.1 Å². The second-order valence-corrected chi connectivity index (χ2v) is 5.52. The first-order valence-electron chi connectivity index (χ1n) is 5.89. The molecule has 1 aromatic rings. The van der Waals surface area contributed by atoms with Gasteiger partial charge in [0.15, 0.2) is 0 Å². The number of nitrogens with two attached hydrogens (primary N) is 1. The zero-order valence-electron chi connectivity index (χ0n) is 10.1. The lowest BCUT2D eigenvalue weighted by Gasteiger charge is -2.12. The Morgan fingerprint density at radius 3 is 2.72 bits per heavy atom. The lowest BCUT2D eigenvalue weighted by atomic mass is 10.1. The maximum absolute atomic E-state index is 11.9. The predicted octanol–water partition coefficient (Wildman–Crippen LogP) is 2.96. The van der Waals surface area contributed by atoms with Crippen LogP contribution in [0.4, 0.5) is 5.69 Å². The summed E-state index contributed by atoms with van der Waals surface area (Å²) in [6.07, 6.45) is 2.28. The van der Waals surface area contributed by atoms with E-state index in [4.69, 9.17) is 29.6 Å². The second-order valence-electron chi connectivity index (χ2n) is 4.67. The summed E-state index contributed by atoms with van der Waals surface area (Å²) in [4.78, 5) is 12.2. The number of hydrogen-bond acceptors (Lipinski definition) is 2. The molecule has 3 N–H and O–H groups in total. The molecule has 2 rings (SSSR count). The minimum absolute atomic E-state index is 0.0162. The first-order valence-corrected chi connectivity index (χ1v) is 6.68. The van der Waals surface area contributed by atoms with Crippen molar-refractivity contribution in [1.82, 2.24) is 0 Å². The number of carbonyl (C=O) groups excluding carboxylic acids is 1. The number of thiocarbonyl (C=S) groups is 1. The minimum atomic E-state index is 0.0162. The van der Waals surface area contributed by atoms with Crippen LogP contribution in [0.1, 0.15) is 25.3 Å². The molecule has 0 spiro atoms. The van der Waals surface area contributed by atoms with Crippen molar-refractivity contribution in [2.24, 2.45) is 17.6 Å². The number of carbonyl (C=O) groups is 1. The lowest BCUT2D eigenvalue weighted by molar-refractivity contribution is -0.119. The van der Waals surface area contributed by atoms with Crippen molar-refractivity contribution in [3.8, 4) is 0 Å². The van der Waals surface area contributed by atoms with Crippen LogP contribution in [0.15, 0.2) is 18.2 Å². The Kier molecular flexibility index (Phi) is 3.88. The van der Waals surface area contributed by atoms with E-state index >= 15 is 0 Å². The molecule has 18 heavy (non-hydrogen) atoms. The van der Waals surface area contributed by atoms with E-state index in [9.17, 15) is 4.79 Å². The summed E-state index contributed by atoms with van der Waals surface area (Å²) in [6, 6.07) is 5.15. The molecule has 1 aromatic carbocycles. The van der Waals surface area contributed by atoms with Crippen LogP contribution in [0.3, 0.4) is 0 Å². The van der Waals surface area contributed by atoms with Crippen LogP contribution in [0.2, 0.25) is 5.02 Å². The number of amides is 1. The molecule has 1 amide bonds. The van der Waals surface area contributed by atoms with Gasteiger partial charge >= 0.3 is 0 Å². The maximum Gasteiger partial charge on any atom is 0.227 e. The fraction of sp³-hybridized carbons (Fsp3) is 0.385. The second kappa shape index (κ2) is 5.24. The Labute approximate surface area is 117 Å². The predicted molar refractivity (Wildman–Crippen MR) is 77.9 cm³/mol. The van der Waals surface area contributed by atoms with Crippen molar-refractivity contribution in [2.45, 2.75) is 19.8 Å². The van der Waals surface area contributed by atoms with E-state index in [1.165, 1.54) is 0 Å². The summed E-state index contributed by atoms with van der Waals surface area (Å²) >= 11 is 11.0. The third-order valence-electron chi connectivity index (χ3n) is 3.25. The Morgan fingerprint density at radius 1 is 1.56 bits per heavy atom. The Hall–Kier alpha value is -1.13. The van der Waals surface area contributed by atoms with Gasteiger partial charge in [-0.1, -0.05) is 30.7 Å². The normalized spacial score (nSPS) is 16.1. The molecule has 0 bridgehead atoms. The van der Waals surface area contributed by atoms with Crippen LogP contribution in [-0.4, -0.2) is 10.9 Å². The van der Waals surface area contributed by atoms with Crippen molar-refractivity contribution in [2.75, 3.05) is 5.32 Å². The molecule has 5 heteroatoms. The highest BCUT2D eigenvalue weighted by Crippen LogP contribution is 2.37. The standard InChI is InChI=1S/C13H15ClN2OS/c1-7(8-2-3-8)13(17)16-11-5-4-9(12(15)18)6-10(11)14/h4-8H,2-3H2,1H3,(H2,15,18)(H,16,17). The van der Waals surface area contributed by atoms with Gasteiger partial charge in [0.05, 0.1) is 10.7 Å². The largest absolute Gasteiger partial charge is 0.389 e. The maximum atomic E-state index is 11.9. The van der Waals surface area contributed by atoms with Crippen LogP contribution in [-0.2, 0) is 4.79 Å². The average Bonchev–Trinajstić information content (AvgIpc) is 3.14. The Morgan fingerprint density at radius 2 is 2.22 bits per heavy atom. The smallest absolute Gasteiger partial charge is 0.227 e. The number of rotatable bonds is 4. The molecule has 1 saturated carbocycles. The van der Waals surface area contributed by atoms with Crippen LogP contribution in [0.25, 0.3) is 0 Å². The fourth-order valence-corrected chi connectivity index (χ4v) is 2.18. The summed E-state index contributed by atoms with van der Waals surface area (Å²) < 4.78 is 0. The highest BCUT2D eigenvalue weighted by molar-refractivity contribution is 7.80. The molecule has 1 aliphatic rings. The summed E-state index contributed by atoms with van der Waals surface area (Å²) in [7, 11) is 0. The monoisotopic (exact) mass is 282 g/mol. The number of benzene rings is 1. The van der Waals surface area contributed by atoms with Crippen LogP contribution in [0, 0.1) is 11.8 Å². The Bertz CT molecular complexity index is 500. The molecule has 1 aliphatic carbocycles. The van der Waals surface area contributed by atoms with Crippen molar-refractivity contribution >= 4 is 40.4 Å². The van der Waals surface area contributed by atoms with Gasteiger partial charge in [-0.2, -0.15) is 0 Å². The molecular weight excluding hydrogens is 268 g/mol. The SMILES string of the molecule is CC(C(=O)Nc1ccc(C(N)=S)cc1Cl)C1CC1. The van der Waals surface area contributed by atoms with Crippen molar-refractivity contribution in [3.63, 3.8) is 0 Å². The van der Waals surface area contributed by atoms with E-state index in [1.807, 2.05) is 6.92 Å². The van der Waals surface area contributed by atoms with Gasteiger partial charge in [0, 0.05) is 11.5 Å². The number of halogens is 1. The average molecular weight is 283 g/mol. The van der Waals surface area contributed by atoms with E-state index in [-0.39, 0.29) is 11.8 Å². The van der Waals surface area contributed by atoms with Crippen LogP contribution >= 0.6 is 23.8 Å². The first kappa shape index (κ1) is 13.3. The Balaban J connectivity index is 2.09. The number of anilines is 1. The van der Waals surface area contributed by atoms with Gasteiger partial charge in [0.25, 0.3) is 0 Å². The lowest BCUT2D eigenvalue weighted by Crippen LogP contribution is -2.22. The number of nitrogens with one attached hydrogen (secondary N) is 1. The minimum Gasteiger partial charge on any atom is -0.389 e. The van der Waals surface area contributed by atoms with Gasteiger partial charge in [0.1, 0.15) is 4.99 Å². The zero-order chi connectivity index (χ0) is 13.3. The van der Waals surface area contributed by atoms with Gasteiger partial charge in [0.2, 0.25) is 5.91 Å². The van der Waals surface area contributed by atoms with Crippen LogP contribution in [0.5, 0.6) is 0 Å². The molecule has 0 saturated heterocycles. The molecular formula is C13H15ClN2OS. The van der Waals surface area contributed by atoms with E-state index in [2.05, 4.69) is 5.32 Å². The first-order chi connectivity index (χ1) is 8.49. The van der Waals surface area contributed by atoms with Crippen LogP contribution < -0.4 is 11.1 Å². The van der Waals surface area contributed by atoms with E-state index < -0.39 is 0 Å². The molecule has 0 heterocycles. The molecule has 3 nitrogen and oxygen atoms in total. The summed E-state index contributed by atoms with van der Waals surface area (Å²) in [6.45, 7) is 1.95. The van der Waals surface area contributed by atoms with Crippen molar-refractivity contribution in [1.29, 1.82) is 0 Å². The topological polar surface area (TPSA) is 55.1 Å². The molecule has 0 aromatic heterocycles. The highest BCUT2D eigenvalue weighted by Gasteiger charge is 2.32. The van der Waals surface area contributed by atoms with Gasteiger partial charge in [-0.05, 0) is 37.0 Å². The molecule has 0 aliphatic heterocycles. The summed E-state index contributed by atoms with van der Waals surface area (Å²) in [5, 5.41) is 3.30. The van der Waals surface area contributed by atoms with E-state index in [0.717, 1.165) is 12.8 Å². The third kappa shape index (κ3) is 3.00. The quantitative estimate of drug-likeness (QED) is 0.835. The zero-order valence-corrected chi connectivity index (χ0v) is 11.6. The molecule has 96 valence electrons. The van der Waals surface area contributed by atoms with Crippen molar-refractivity contribution in [3.05, 3.63) is 28.8 Å². The van der Waals surface area contributed by atoms with E-state index in [1.54, 1.807) is 18.2 Å². The molecule has 1 fully saturated rings. The van der Waals surface area contributed by atoms with Gasteiger partial charge in [-0.25, -0.2) is 0 Å². The fourth-order valence-electron chi connectivity index (χ4n) is 1.83. The highest BCUT2D eigenvalue weighted by atomic mass is 35.5. The van der Waals surface area contributed by atoms with E-state index in [0.29, 0.717) is 27.2 Å². The van der Waals surface area contributed by atoms with Crippen molar-refractivity contribution < 1.29 is 4.79 Å². The summed E-state index contributed by atoms with van der Waals surface area (Å²) in [5.41, 5.74) is 6.82. The molecule has 1 unspecified atom stereocenters. The molecule has 1 atom stereocenters.